The molecule has 1 aromatic heterocycles. The van der Waals surface area contributed by atoms with Gasteiger partial charge in [0.25, 0.3) is 5.91 Å². The fraction of sp³-hybridized carbons (Fsp3) is 0.292. The molecule has 0 saturated heterocycles. The normalized spacial score (nSPS) is 15.4. The van der Waals surface area contributed by atoms with Crippen LogP contribution in [0.25, 0.3) is 21.9 Å². The van der Waals surface area contributed by atoms with Gasteiger partial charge in [0, 0.05) is 36.7 Å². The number of fused-ring (bicyclic) bond motifs is 3. The quantitative estimate of drug-likeness (QED) is 0.638. The van der Waals surface area contributed by atoms with Crippen LogP contribution in [0.2, 0.25) is 5.02 Å². The number of nitrogens with zero attached hydrogens (tertiary/aromatic N) is 2. The molecule has 158 valence electrons. The number of aromatic nitrogens is 1. The molecule has 0 atom stereocenters. The first-order valence-corrected chi connectivity index (χ1v) is 10.6. The average Bonchev–Trinajstić information content (AvgIpc) is 3.55. The van der Waals surface area contributed by atoms with Gasteiger partial charge in [-0.25, -0.2) is 4.98 Å². The minimum atomic E-state index is -0.0504. The number of aryl methyl sites for hydroxylation is 1. The largest absolute Gasteiger partial charge is 0.495 e. The minimum Gasteiger partial charge on any atom is -0.495 e. The van der Waals surface area contributed by atoms with Gasteiger partial charge >= 0.3 is 0 Å². The van der Waals surface area contributed by atoms with Gasteiger partial charge in [-0.2, -0.15) is 0 Å². The molecule has 0 unspecified atom stereocenters. The molecule has 1 N–H and O–H groups in total. The molecule has 0 spiro atoms. The summed E-state index contributed by atoms with van der Waals surface area (Å²) in [6, 6.07) is 7.59. The molecule has 1 aliphatic heterocycles. The van der Waals surface area contributed by atoms with Crippen LogP contribution < -0.4 is 10.1 Å². The first-order chi connectivity index (χ1) is 14.9. The summed E-state index contributed by atoms with van der Waals surface area (Å²) in [5.41, 5.74) is 4.07. The van der Waals surface area contributed by atoms with E-state index in [1.165, 1.54) is 0 Å². The Kier molecular flexibility index (Phi) is 4.63. The highest BCUT2D eigenvalue weighted by atomic mass is 35.5. The molecule has 0 bridgehead atoms. The van der Waals surface area contributed by atoms with Gasteiger partial charge in [-0.05, 0) is 60.0 Å². The first kappa shape index (κ1) is 19.8. The third-order valence-electron chi connectivity index (χ3n) is 6.09. The molecular formula is C24H22ClN3O3. The number of pyridine rings is 1. The zero-order valence-electron chi connectivity index (χ0n) is 17.6. The second-order valence-corrected chi connectivity index (χ2v) is 8.64. The maximum atomic E-state index is 13.1. The van der Waals surface area contributed by atoms with E-state index in [0.29, 0.717) is 28.7 Å². The highest BCUT2D eigenvalue weighted by Crippen LogP contribution is 2.44. The van der Waals surface area contributed by atoms with Gasteiger partial charge in [0.2, 0.25) is 5.91 Å². The van der Waals surface area contributed by atoms with Gasteiger partial charge in [-0.3, -0.25) is 9.59 Å². The molecule has 0 radical (unpaired) electrons. The lowest BCUT2D eigenvalue weighted by Gasteiger charge is -2.16. The standard InChI is InChI=1S/C24H22ClN3O3/c1-12-4-7-18(31-3)22(25)20(12)16-8-14-10-26-19(27-23(29)13-5-6-13)9-15(14)17-11-28(2)24(30)21(16)17/h4,7-10,13H,5-6,11H2,1-3H3,(H,26,27,29). The van der Waals surface area contributed by atoms with Crippen LogP contribution in [0.3, 0.4) is 0 Å². The predicted molar refractivity (Wildman–Crippen MR) is 121 cm³/mol. The van der Waals surface area contributed by atoms with Crippen molar-refractivity contribution in [2.24, 2.45) is 5.92 Å². The predicted octanol–water partition coefficient (Wildman–Crippen LogP) is 4.81. The summed E-state index contributed by atoms with van der Waals surface area (Å²) in [4.78, 5) is 31.5. The third kappa shape index (κ3) is 3.22. The Morgan fingerprint density at radius 3 is 2.74 bits per heavy atom. The van der Waals surface area contributed by atoms with Crippen molar-refractivity contribution in [1.29, 1.82) is 0 Å². The molecule has 1 saturated carbocycles. The summed E-state index contributed by atoms with van der Waals surface area (Å²) in [7, 11) is 3.36. The Morgan fingerprint density at radius 1 is 1.26 bits per heavy atom. The van der Waals surface area contributed by atoms with E-state index in [4.69, 9.17) is 16.3 Å². The van der Waals surface area contributed by atoms with E-state index in [1.807, 2.05) is 31.2 Å². The van der Waals surface area contributed by atoms with Crippen molar-refractivity contribution in [3.63, 3.8) is 0 Å². The van der Waals surface area contributed by atoms with E-state index in [1.54, 1.807) is 25.3 Å². The van der Waals surface area contributed by atoms with E-state index in [9.17, 15) is 9.59 Å². The van der Waals surface area contributed by atoms with Gasteiger partial charge in [0.05, 0.1) is 17.7 Å². The number of halogens is 1. The van der Waals surface area contributed by atoms with Gasteiger partial charge < -0.3 is 15.0 Å². The molecule has 5 rings (SSSR count). The Bertz CT molecular complexity index is 1270. The highest BCUT2D eigenvalue weighted by molar-refractivity contribution is 6.35. The number of benzene rings is 2. The van der Waals surface area contributed by atoms with E-state index in [2.05, 4.69) is 10.3 Å². The van der Waals surface area contributed by atoms with E-state index in [-0.39, 0.29) is 17.7 Å². The average molecular weight is 436 g/mol. The van der Waals surface area contributed by atoms with Crippen LogP contribution in [0.1, 0.15) is 34.3 Å². The molecule has 3 aromatic rings. The fourth-order valence-electron chi connectivity index (χ4n) is 4.26. The number of ether oxygens (including phenoxy) is 1. The van der Waals surface area contributed by atoms with Gasteiger partial charge in [0.15, 0.2) is 0 Å². The zero-order valence-corrected chi connectivity index (χ0v) is 18.3. The number of hydrogen-bond donors (Lipinski definition) is 1. The number of amides is 2. The Balaban J connectivity index is 1.73. The SMILES string of the molecule is COc1ccc(C)c(-c2cc3cnc(NC(=O)C4CC4)cc3c3c2C(=O)N(C)C3)c1Cl. The van der Waals surface area contributed by atoms with E-state index >= 15 is 0 Å². The zero-order chi connectivity index (χ0) is 21.9. The van der Waals surface area contributed by atoms with Crippen molar-refractivity contribution >= 4 is 40.0 Å². The third-order valence-corrected chi connectivity index (χ3v) is 6.47. The summed E-state index contributed by atoms with van der Waals surface area (Å²) < 4.78 is 5.41. The number of carbonyl (C=O) groups excluding carboxylic acids is 2. The summed E-state index contributed by atoms with van der Waals surface area (Å²) in [5.74, 6) is 1.12. The second-order valence-electron chi connectivity index (χ2n) is 8.27. The summed E-state index contributed by atoms with van der Waals surface area (Å²) in [6.45, 7) is 2.45. The molecule has 2 aliphatic rings. The summed E-state index contributed by atoms with van der Waals surface area (Å²) >= 11 is 6.69. The smallest absolute Gasteiger partial charge is 0.254 e. The van der Waals surface area contributed by atoms with Gasteiger partial charge in [0.1, 0.15) is 11.6 Å². The Hall–Kier alpha value is -3.12. The molecule has 2 aromatic carbocycles. The molecule has 1 fully saturated rings. The van der Waals surface area contributed by atoms with Crippen molar-refractivity contribution in [3.8, 4) is 16.9 Å². The van der Waals surface area contributed by atoms with Crippen LogP contribution in [0.4, 0.5) is 5.82 Å². The second kappa shape index (κ2) is 7.24. The number of methoxy groups -OCH3 is 1. The van der Waals surface area contributed by atoms with E-state index in [0.717, 1.165) is 45.9 Å². The lowest BCUT2D eigenvalue weighted by Crippen LogP contribution is -2.18. The van der Waals surface area contributed by atoms with Crippen LogP contribution in [0, 0.1) is 12.8 Å². The first-order valence-electron chi connectivity index (χ1n) is 10.2. The molecule has 7 heteroatoms. The van der Waals surface area contributed by atoms with Crippen LogP contribution >= 0.6 is 11.6 Å². The molecule has 6 nitrogen and oxygen atoms in total. The molecule has 31 heavy (non-hydrogen) atoms. The van der Waals surface area contributed by atoms with Crippen LogP contribution in [0.15, 0.2) is 30.5 Å². The van der Waals surface area contributed by atoms with Crippen LogP contribution in [-0.2, 0) is 11.3 Å². The van der Waals surface area contributed by atoms with Gasteiger partial charge in [-0.1, -0.05) is 17.7 Å². The summed E-state index contributed by atoms with van der Waals surface area (Å²) in [6.07, 6.45) is 3.60. The molecule has 1 aliphatic carbocycles. The maximum absolute atomic E-state index is 13.1. The van der Waals surface area contributed by atoms with Crippen molar-refractivity contribution in [2.75, 3.05) is 19.5 Å². The number of hydrogen-bond acceptors (Lipinski definition) is 4. The number of anilines is 1. The highest BCUT2D eigenvalue weighted by Gasteiger charge is 2.32. The minimum absolute atomic E-state index is 0.00657. The Labute approximate surface area is 185 Å². The fourth-order valence-corrected chi connectivity index (χ4v) is 4.65. The maximum Gasteiger partial charge on any atom is 0.254 e. The van der Waals surface area contributed by atoms with Crippen molar-refractivity contribution in [2.45, 2.75) is 26.3 Å². The lowest BCUT2D eigenvalue weighted by molar-refractivity contribution is -0.117. The molecule has 2 heterocycles. The van der Waals surface area contributed by atoms with Crippen molar-refractivity contribution in [1.82, 2.24) is 9.88 Å². The lowest BCUT2D eigenvalue weighted by atomic mass is 9.90. The molecular weight excluding hydrogens is 414 g/mol. The monoisotopic (exact) mass is 435 g/mol. The topological polar surface area (TPSA) is 71.5 Å². The van der Waals surface area contributed by atoms with Crippen molar-refractivity contribution < 1.29 is 14.3 Å². The van der Waals surface area contributed by atoms with E-state index < -0.39 is 0 Å². The molecule has 2 amide bonds. The van der Waals surface area contributed by atoms with Crippen LogP contribution in [-0.4, -0.2) is 35.9 Å². The number of rotatable bonds is 4. The number of carbonyl (C=O) groups is 2. The number of nitrogens with one attached hydrogen (secondary N) is 1. The summed E-state index contributed by atoms with van der Waals surface area (Å²) in [5, 5.41) is 5.18. The van der Waals surface area contributed by atoms with Gasteiger partial charge in [-0.15, -0.1) is 0 Å². The van der Waals surface area contributed by atoms with Crippen molar-refractivity contribution in [3.05, 3.63) is 52.2 Å². The Morgan fingerprint density at radius 2 is 2.03 bits per heavy atom. The van der Waals surface area contributed by atoms with Crippen LogP contribution in [0.5, 0.6) is 5.75 Å².